The number of benzene rings is 2. The number of hydrogen-bond donors (Lipinski definition) is 2. The van der Waals surface area contributed by atoms with Gasteiger partial charge in [0, 0.05) is 18.4 Å². The molecule has 0 spiro atoms. The maximum Gasteiger partial charge on any atom is 0.257 e. The number of carbonyl (C=O) groups is 1. The van der Waals surface area contributed by atoms with Crippen LogP contribution in [0.5, 0.6) is 5.75 Å². The molecule has 0 unspecified atom stereocenters. The molecule has 0 atom stereocenters. The first-order chi connectivity index (χ1) is 13.5. The van der Waals surface area contributed by atoms with E-state index in [0.29, 0.717) is 23.6 Å². The standard InChI is InChI=1S/C21H19ClFN3O2/c1-28-17-4-2-3-14(11-17)9-10-24-20-8-5-15(13-25-20)21(27)26-16-6-7-19(23)18(22)12-16/h2-8,11-13H,9-10H2,1H3,(H,24,25)(H,26,27). The minimum absolute atomic E-state index is 0.0495. The molecule has 2 aromatic carbocycles. The summed E-state index contributed by atoms with van der Waals surface area (Å²) >= 11 is 5.72. The molecular weight excluding hydrogens is 381 g/mol. The highest BCUT2D eigenvalue weighted by molar-refractivity contribution is 6.31. The van der Waals surface area contributed by atoms with E-state index in [1.165, 1.54) is 24.4 Å². The zero-order valence-electron chi connectivity index (χ0n) is 15.2. The highest BCUT2D eigenvalue weighted by Crippen LogP contribution is 2.20. The van der Waals surface area contributed by atoms with Crippen LogP contribution in [-0.4, -0.2) is 24.5 Å². The first-order valence-electron chi connectivity index (χ1n) is 8.64. The fraction of sp³-hybridized carbons (Fsp3) is 0.143. The first-order valence-corrected chi connectivity index (χ1v) is 9.02. The van der Waals surface area contributed by atoms with Crippen molar-refractivity contribution in [2.75, 3.05) is 24.3 Å². The molecule has 0 fully saturated rings. The lowest BCUT2D eigenvalue weighted by Crippen LogP contribution is -2.13. The molecule has 5 nitrogen and oxygen atoms in total. The number of ether oxygens (including phenoxy) is 1. The van der Waals surface area contributed by atoms with Crippen molar-refractivity contribution < 1.29 is 13.9 Å². The van der Waals surface area contributed by atoms with Crippen molar-refractivity contribution in [1.82, 2.24) is 4.98 Å². The van der Waals surface area contributed by atoms with E-state index in [1.54, 1.807) is 19.2 Å². The largest absolute Gasteiger partial charge is 0.497 e. The average molecular weight is 400 g/mol. The van der Waals surface area contributed by atoms with Gasteiger partial charge in [-0.15, -0.1) is 0 Å². The van der Waals surface area contributed by atoms with Crippen LogP contribution in [0.25, 0.3) is 0 Å². The number of nitrogens with zero attached hydrogens (tertiary/aromatic N) is 1. The third-order valence-electron chi connectivity index (χ3n) is 4.06. The monoisotopic (exact) mass is 399 g/mol. The van der Waals surface area contributed by atoms with Gasteiger partial charge in [-0.1, -0.05) is 23.7 Å². The van der Waals surface area contributed by atoms with E-state index in [-0.39, 0.29) is 10.9 Å². The Balaban J connectivity index is 1.53. The van der Waals surface area contributed by atoms with Crippen LogP contribution in [0.3, 0.4) is 0 Å². The second-order valence-corrected chi connectivity index (χ2v) is 6.45. The molecule has 0 radical (unpaired) electrons. The lowest BCUT2D eigenvalue weighted by Gasteiger charge is -2.09. The molecule has 3 aromatic rings. The molecule has 1 amide bonds. The van der Waals surface area contributed by atoms with Crippen molar-refractivity contribution >= 4 is 29.0 Å². The second kappa shape index (κ2) is 9.19. The van der Waals surface area contributed by atoms with Gasteiger partial charge in [0.25, 0.3) is 5.91 Å². The maximum absolute atomic E-state index is 13.2. The summed E-state index contributed by atoms with van der Waals surface area (Å²) in [6.45, 7) is 0.694. The number of halogens is 2. The summed E-state index contributed by atoms with van der Waals surface area (Å²) in [4.78, 5) is 16.5. The zero-order chi connectivity index (χ0) is 19.9. The molecule has 0 saturated heterocycles. The van der Waals surface area contributed by atoms with E-state index in [2.05, 4.69) is 15.6 Å². The van der Waals surface area contributed by atoms with Gasteiger partial charge >= 0.3 is 0 Å². The third-order valence-corrected chi connectivity index (χ3v) is 4.35. The van der Waals surface area contributed by atoms with E-state index < -0.39 is 5.82 Å². The smallest absolute Gasteiger partial charge is 0.257 e. The predicted molar refractivity (Wildman–Crippen MR) is 109 cm³/mol. The van der Waals surface area contributed by atoms with E-state index in [9.17, 15) is 9.18 Å². The average Bonchev–Trinajstić information content (AvgIpc) is 2.71. The number of anilines is 2. The Morgan fingerprint density at radius 1 is 1.18 bits per heavy atom. The number of carbonyl (C=O) groups excluding carboxylic acids is 1. The van der Waals surface area contributed by atoms with Crippen LogP contribution in [-0.2, 0) is 6.42 Å². The topological polar surface area (TPSA) is 63.2 Å². The summed E-state index contributed by atoms with van der Waals surface area (Å²) in [7, 11) is 1.64. The molecule has 0 aliphatic heterocycles. The molecule has 1 aromatic heterocycles. The van der Waals surface area contributed by atoms with E-state index >= 15 is 0 Å². The van der Waals surface area contributed by atoms with Gasteiger partial charge in [-0.25, -0.2) is 9.37 Å². The Bertz CT molecular complexity index is 964. The van der Waals surface area contributed by atoms with Crippen LogP contribution in [0.1, 0.15) is 15.9 Å². The quantitative estimate of drug-likeness (QED) is 0.599. The minimum atomic E-state index is -0.536. The number of aromatic nitrogens is 1. The SMILES string of the molecule is COc1cccc(CCNc2ccc(C(=O)Nc3ccc(F)c(Cl)c3)cn2)c1. The Hall–Kier alpha value is -3.12. The van der Waals surface area contributed by atoms with Crippen molar-refractivity contribution in [2.24, 2.45) is 0 Å². The summed E-state index contributed by atoms with van der Waals surface area (Å²) < 4.78 is 18.4. The molecule has 0 saturated carbocycles. The molecular formula is C21H19ClFN3O2. The second-order valence-electron chi connectivity index (χ2n) is 6.04. The summed E-state index contributed by atoms with van der Waals surface area (Å²) in [6, 6.07) is 15.3. The number of methoxy groups -OCH3 is 1. The van der Waals surface area contributed by atoms with Gasteiger partial charge in [-0.3, -0.25) is 4.79 Å². The summed E-state index contributed by atoms with van der Waals surface area (Å²) in [5.41, 5.74) is 1.96. The predicted octanol–water partition coefficient (Wildman–Crippen LogP) is 4.79. The molecule has 3 rings (SSSR count). The van der Waals surface area contributed by atoms with Crippen LogP contribution >= 0.6 is 11.6 Å². The third kappa shape index (κ3) is 5.20. The fourth-order valence-corrected chi connectivity index (χ4v) is 2.75. The van der Waals surface area contributed by atoms with E-state index in [0.717, 1.165) is 17.7 Å². The van der Waals surface area contributed by atoms with Crippen LogP contribution in [0.4, 0.5) is 15.9 Å². The Morgan fingerprint density at radius 3 is 2.75 bits per heavy atom. The van der Waals surface area contributed by atoms with Gasteiger partial charge in [0.2, 0.25) is 0 Å². The minimum Gasteiger partial charge on any atom is -0.497 e. The molecule has 2 N–H and O–H groups in total. The van der Waals surface area contributed by atoms with E-state index in [1.807, 2.05) is 24.3 Å². The van der Waals surface area contributed by atoms with Crippen molar-refractivity contribution in [1.29, 1.82) is 0 Å². The molecule has 1 heterocycles. The molecule has 28 heavy (non-hydrogen) atoms. The van der Waals surface area contributed by atoms with Gasteiger partial charge in [0.15, 0.2) is 0 Å². The lowest BCUT2D eigenvalue weighted by molar-refractivity contribution is 0.102. The number of amides is 1. The number of rotatable bonds is 7. The summed E-state index contributed by atoms with van der Waals surface area (Å²) in [5.74, 6) is 0.613. The number of hydrogen-bond acceptors (Lipinski definition) is 4. The van der Waals surface area contributed by atoms with Gasteiger partial charge in [0.1, 0.15) is 17.4 Å². The Labute approximate surface area is 167 Å². The highest BCUT2D eigenvalue weighted by atomic mass is 35.5. The normalized spacial score (nSPS) is 10.4. The summed E-state index contributed by atoms with van der Waals surface area (Å²) in [5, 5.41) is 5.83. The molecule has 0 bridgehead atoms. The maximum atomic E-state index is 13.2. The summed E-state index contributed by atoms with van der Waals surface area (Å²) in [6.07, 6.45) is 2.29. The van der Waals surface area contributed by atoms with Crippen molar-refractivity contribution in [3.05, 3.63) is 82.8 Å². The highest BCUT2D eigenvalue weighted by Gasteiger charge is 2.08. The van der Waals surface area contributed by atoms with Gasteiger partial charge in [-0.05, 0) is 54.4 Å². The lowest BCUT2D eigenvalue weighted by atomic mass is 10.1. The van der Waals surface area contributed by atoms with E-state index in [4.69, 9.17) is 16.3 Å². The number of nitrogens with one attached hydrogen (secondary N) is 2. The molecule has 0 aliphatic carbocycles. The Kier molecular flexibility index (Phi) is 6.45. The van der Waals surface area contributed by atoms with Crippen LogP contribution in [0.2, 0.25) is 5.02 Å². The zero-order valence-corrected chi connectivity index (χ0v) is 16.0. The first kappa shape index (κ1) is 19.6. The van der Waals surface area contributed by atoms with Crippen molar-refractivity contribution in [2.45, 2.75) is 6.42 Å². The fourth-order valence-electron chi connectivity index (χ4n) is 2.57. The molecule has 7 heteroatoms. The van der Waals surface area contributed by atoms with Crippen molar-refractivity contribution in [3.8, 4) is 5.75 Å². The van der Waals surface area contributed by atoms with Crippen LogP contribution in [0.15, 0.2) is 60.8 Å². The van der Waals surface area contributed by atoms with Crippen molar-refractivity contribution in [3.63, 3.8) is 0 Å². The van der Waals surface area contributed by atoms with Gasteiger partial charge in [-0.2, -0.15) is 0 Å². The Morgan fingerprint density at radius 2 is 2.04 bits per heavy atom. The van der Waals surface area contributed by atoms with Crippen LogP contribution < -0.4 is 15.4 Å². The van der Waals surface area contributed by atoms with Gasteiger partial charge in [0.05, 0.1) is 17.7 Å². The molecule has 144 valence electrons. The molecule has 0 aliphatic rings. The number of pyridine rings is 1. The van der Waals surface area contributed by atoms with Crippen LogP contribution in [0, 0.1) is 5.82 Å². The van der Waals surface area contributed by atoms with Gasteiger partial charge < -0.3 is 15.4 Å².